The number of benzene rings is 3. The summed E-state index contributed by atoms with van der Waals surface area (Å²) in [6.07, 6.45) is 2.72. The first-order chi connectivity index (χ1) is 17.5. The topological polar surface area (TPSA) is 69.6 Å². The summed E-state index contributed by atoms with van der Waals surface area (Å²) in [5.74, 6) is -0.463. The highest BCUT2D eigenvalue weighted by Gasteiger charge is 2.39. The van der Waals surface area contributed by atoms with Crippen molar-refractivity contribution in [2.75, 3.05) is 19.6 Å². The van der Waals surface area contributed by atoms with Crippen LogP contribution < -0.4 is 5.32 Å². The molecular weight excluding hydrogens is 448 g/mol. The summed E-state index contributed by atoms with van der Waals surface area (Å²) in [4.78, 5) is 26.8. The fourth-order valence-corrected chi connectivity index (χ4v) is 6.28. The van der Waals surface area contributed by atoms with Gasteiger partial charge in [-0.3, -0.25) is 9.59 Å². The number of piperidine rings is 1. The third kappa shape index (κ3) is 5.17. The molecule has 2 N–H and O–H groups in total. The number of amides is 1. The lowest BCUT2D eigenvalue weighted by atomic mass is 9.80. The first kappa shape index (κ1) is 24.5. The lowest BCUT2D eigenvalue weighted by molar-refractivity contribution is -0.142. The summed E-state index contributed by atoms with van der Waals surface area (Å²) in [6.45, 7) is 4.56. The fraction of sp³-hybridized carbons (Fsp3) is 0.419. The van der Waals surface area contributed by atoms with Crippen molar-refractivity contribution in [3.63, 3.8) is 0 Å². The molecule has 3 aromatic carbocycles. The predicted molar refractivity (Wildman–Crippen MR) is 143 cm³/mol. The van der Waals surface area contributed by atoms with E-state index in [1.807, 2.05) is 11.0 Å². The Bertz CT molecular complexity index is 1210. The number of fused-ring (bicyclic) bond motifs is 1. The van der Waals surface area contributed by atoms with Gasteiger partial charge in [-0.05, 0) is 67.0 Å². The molecule has 1 saturated carbocycles. The van der Waals surface area contributed by atoms with E-state index in [0.717, 1.165) is 19.5 Å². The third-order valence-corrected chi connectivity index (χ3v) is 8.40. The normalized spacial score (nSPS) is 25.1. The van der Waals surface area contributed by atoms with E-state index in [2.05, 4.69) is 79.0 Å². The van der Waals surface area contributed by atoms with E-state index < -0.39 is 5.97 Å². The van der Waals surface area contributed by atoms with Crippen LogP contribution >= 0.6 is 0 Å². The van der Waals surface area contributed by atoms with Crippen molar-refractivity contribution < 1.29 is 14.7 Å². The van der Waals surface area contributed by atoms with Crippen molar-refractivity contribution in [1.29, 1.82) is 0 Å². The van der Waals surface area contributed by atoms with Crippen LogP contribution in [0.15, 0.2) is 72.8 Å². The largest absolute Gasteiger partial charge is 0.481 e. The summed E-state index contributed by atoms with van der Waals surface area (Å²) in [7, 11) is 0. The molecule has 5 heteroatoms. The molecule has 1 heterocycles. The monoisotopic (exact) mass is 484 g/mol. The van der Waals surface area contributed by atoms with E-state index in [9.17, 15) is 14.7 Å². The Morgan fingerprint density at radius 3 is 2.44 bits per heavy atom. The van der Waals surface area contributed by atoms with Gasteiger partial charge >= 0.3 is 5.97 Å². The maximum absolute atomic E-state index is 13.3. The van der Waals surface area contributed by atoms with Gasteiger partial charge < -0.3 is 15.3 Å². The average molecular weight is 485 g/mol. The summed E-state index contributed by atoms with van der Waals surface area (Å²) in [5.41, 5.74) is 2.58. The number of hydrogen-bond donors (Lipinski definition) is 2. The van der Waals surface area contributed by atoms with Gasteiger partial charge in [0.1, 0.15) is 0 Å². The molecule has 5 rings (SSSR count). The molecule has 0 radical (unpaired) electrons. The van der Waals surface area contributed by atoms with E-state index in [4.69, 9.17) is 0 Å². The first-order valence-electron chi connectivity index (χ1n) is 13.3. The number of nitrogens with one attached hydrogen (secondary N) is 1. The van der Waals surface area contributed by atoms with Gasteiger partial charge in [-0.2, -0.15) is 0 Å². The molecule has 2 fully saturated rings. The molecule has 0 spiro atoms. The van der Waals surface area contributed by atoms with Gasteiger partial charge in [0, 0.05) is 31.0 Å². The molecule has 3 unspecified atom stereocenters. The van der Waals surface area contributed by atoms with Crippen molar-refractivity contribution >= 4 is 22.6 Å². The molecule has 5 nitrogen and oxygen atoms in total. The van der Waals surface area contributed by atoms with E-state index in [1.54, 1.807) is 0 Å². The van der Waals surface area contributed by atoms with Crippen molar-refractivity contribution in [2.24, 2.45) is 17.8 Å². The molecule has 1 saturated heterocycles. The Balaban J connectivity index is 1.28. The van der Waals surface area contributed by atoms with Crippen LogP contribution in [0.4, 0.5) is 0 Å². The van der Waals surface area contributed by atoms with Gasteiger partial charge in [-0.25, -0.2) is 0 Å². The highest BCUT2D eigenvalue weighted by Crippen LogP contribution is 2.37. The number of carbonyl (C=O) groups excluding carboxylic acids is 1. The van der Waals surface area contributed by atoms with Gasteiger partial charge in [0.15, 0.2) is 0 Å². The van der Waals surface area contributed by atoms with Crippen LogP contribution in [-0.2, 0) is 9.59 Å². The van der Waals surface area contributed by atoms with Gasteiger partial charge in [-0.1, -0.05) is 72.8 Å². The van der Waals surface area contributed by atoms with E-state index in [-0.39, 0.29) is 29.7 Å². The number of nitrogens with zero attached hydrogens (tertiary/aromatic N) is 1. The highest BCUT2D eigenvalue weighted by atomic mass is 16.4. The van der Waals surface area contributed by atoms with Crippen molar-refractivity contribution in [3.05, 3.63) is 83.9 Å². The van der Waals surface area contributed by atoms with Crippen LogP contribution in [-0.4, -0.2) is 41.5 Å². The molecule has 0 bridgehead atoms. The minimum Gasteiger partial charge on any atom is -0.481 e. The van der Waals surface area contributed by atoms with Crippen molar-refractivity contribution in [1.82, 2.24) is 10.2 Å². The zero-order chi connectivity index (χ0) is 25.1. The standard InChI is InChI=1S/C31H36N2O3/c1-21(27-13-7-11-22-10-5-6-12-28(22)27)32-19-26-16-17-33(20-29(26)23-8-3-2-4-9-23)30(34)24-14-15-25(18-24)31(35)36/h2-13,21,24-26,29,32H,14-20H2,1H3,(H,35,36)/t21?,24-,25+,26?,29?/m0/s1. The average Bonchev–Trinajstić information content (AvgIpc) is 3.42. The zero-order valence-corrected chi connectivity index (χ0v) is 21.0. The number of likely N-dealkylation sites (tertiary alicyclic amines) is 1. The number of carboxylic acids is 1. The molecule has 1 aliphatic carbocycles. The van der Waals surface area contributed by atoms with Crippen LogP contribution in [0, 0.1) is 17.8 Å². The van der Waals surface area contributed by atoms with Crippen LogP contribution in [0.3, 0.4) is 0 Å². The molecule has 0 aromatic heterocycles. The molecule has 188 valence electrons. The Kier molecular flexibility index (Phi) is 7.38. The Labute approximate surface area is 213 Å². The highest BCUT2D eigenvalue weighted by molar-refractivity contribution is 5.86. The number of carbonyl (C=O) groups is 2. The number of aliphatic carboxylic acids is 1. The second-order valence-electron chi connectivity index (χ2n) is 10.6. The maximum atomic E-state index is 13.3. The van der Waals surface area contributed by atoms with Gasteiger partial charge in [0.2, 0.25) is 5.91 Å². The zero-order valence-electron chi connectivity index (χ0n) is 21.0. The number of carboxylic acid groups (broad SMARTS) is 1. The van der Waals surface area contributed by atoms with Crippen LogP contribution in [0.25, 0.3) is 10.8 Å². The van der Waals surface area contributed by atoms with Crippen molar-refractivity contribution in [2.45, 2.75) is 44.6 Å². The SMILES string of the molecule is CC(NCC1CCN(C(=O)[C@H]2CC[C@@H](C(=O)O)C2)CC1c1ccccc1)c1cccc2ccccc12. The van der Waals surface area contributed by atoms with Crippen LogP contribution in [0.1, 0.15) is 55.7 Å². The molecule has 3 aromatic rings. The van der Waals surface area contributed by atoms with Gasteiger partial charge in [0.05, 0.1) is 5.92 Å². The van der Waals surface area contributed by atoms with E-state index in [1.165, 1.54) is 21.9 Å². The second kappa shape index (κ2) is 10.8. The molecule has 5 atom stereocenters. The third-order valence-electron chi connectivity index (χ3n) is 8.40. The van der Waals surface area contributed by atoms with E-state index >= 15 is 0 Å². The quantitative estimate of drug-likeness (QED) is 0.456. The van der Waals surface area contributed by atoms with Gasteiger partial charge in [-0.15, -0.1) is 0 Å². The Morgan fingerprint density at radius 2 is 1.67 bits per heavy atom. The molecular formula is C31H36N2O3. The first-order valence-corrected chi connectivity index (χ1v) is 13.3. The lowest BCUT2D eigenvalue weighted by Gasteiger charge is -2.40. The van der Waals surface area contributed by atoms with E-state index in [0.29, 0.717) is 31.7 Å². The summed E-state index contributed by atoms with van der Waals surface area (Å²) >= 11 is 0. The smallest absolute Gasteiger partial charge is 0.306 e. The minimum atomic E-state index is -0.766. The molecule has 1 amide bonds. The maximum Gasteiger partial charge on any atom is 0.306 e. The van der Waals surface area contributed by atoms with Gasteiger partial charge in [0.25, 0.3) is 0 Å². The number of rotatable bonds is 7. The molecule has 36 heavy (non-hydrogen) atoms. The summed E-state index contributed by atoms with van der Waals surface area (Å²) in [6, 6.07) is 25.8. The Morgan fingerprint density at radius 1 is 0.944 bits per heavy atom. The predicted octanol–water partition coefficient (Wildman–Crippen LogP) is 5.62. The fourth-order valence-electron chi connectivity index (χ4n) is 6.28. The van der Waals surface area contributed by atoms with Crippen molar-refractivity contribution in [3.8, 4) is 0 Å². The van der Waals surface area contributed by atoms with Crippen LogP contribution in [0.5, 0.6) is 0 Å². The Hall–Kier alpha value is -3.18. The molecule has 2 aliphatic rings. The lowest BCUT2D eigenvalue weighted by Crippen LogP contribution is -2.47. The minimum absolute atomic E-state index is 0.148. The molecule has 1 aliphatic heterocycles. The summed E-state index contributed by atoms with van der Waals surface area (Å²) < 4.78 is 0. The van der Waals surface area contributed by atoms with Crippen LogP contribution in [0.2, 0.25) is 0 Å². The number of hydrogen-bond acceptors (Lipinski definition) is 3. The summed E-state index contributed by atoms with van der Waals surface area (Å²) in [5, 5.41) is 15.7. The second-order valence-corrected chi connectivity index (χ2v) is 10.6.